The number of rotatable bonds is 6. The van der Waals surface area contributed by atoms with Crippen LogP contribution in [0, 0.1) is 11.8 Å². The minimum atomic E-state index is 0.382. The third-order valence-corrected chi connectivity index (χ3v) is 3.43. The third kappa shape index (κ3) is 5.14. The molecule has 0 aromatic rings. The Morgan fingerprint density at radius 3 is 1.88 bits per heavy atom. The van der Waals surface area contributed by atoms with Crippen LogP contribution in [0.1, 0.15) is 79.1 Å². The van der Waals surface area contributed by atoms with E-state index in [9.17, 15) is 4.79 Å². The summed E-state index contributed by atoms with van der Waals surface area (Å²) >= 11 is 0. The van der Waals surface area contributed by atoms with Crippen LogP contribution in [-0.2, 0) is 4.79 Å². The minimum Gasteiger partial charge on any atom is -0.299 e. The number of ketones is 1. The van der Waals surface area contributed by atoms with Crippen LogP contribution in [0.4, 0.5) is 0 Å². The summed E-state index contributed by atoms with van der Waals surface area (Å²) in [7, 11) is 0. The lowest BCUT2D eigenvalue weighted by atomic mass is 9.86. The second kappa shape index (κ2) is 9.86. The van der Waals surface area contributed by atoms with Crippen LogP contribution in [0.15, 0.2) is 0 Å². The highest BCUT2D eigenvalue weighted by Crippen LogP contribution is 2.30. The van der Waals surface area contributed by atoms with Crippen molar-refractivity contribution in [3.63, 3.8) is 0 Å². The lowest BCUT2D eigenvalue weighted by Gasteiger charge is -2.18. The van der Waals surface area contributed by atoms with E-state index in [4.69, 9.17) is 0 Å². The van der Waals surface area contributed by atoms with Crippen LogP contribution in [0.25, 0.3) is 0 Å². The molecule has 0 unspecified atom stereocenters. The first kappa shape index (κ1) is 15.7. The van der Waals surface area contributed by atoms with Gasteiger partial charge >= 0.3 is 0 Å². The summed E-state index contributed by atoms with van der Waals surface area (Å²) in [4.78, 5) is 12.1. The van der Waals surface area contributed by atoms with Gasteiger partial charge in [0.05, 0.1) is 0 Å². The van der Waals surface area contributed by atoms with Crippen LogP contribution in [0.5, 0.6) is 0 Å². The molecule has 1 heteroatoms. The number of hydrogen-bond donors (Lipinski definition) is 0. The van der Waals surface area contributed by atoms with E-state index in [0.29, 0.717) is 17.6 Å². The van der Waals surface area contributed by atoms with Gasteiger partial charge in [0.15, 0.2) is 0 Å². The second-order valence-corrected chi connectivity index (χ2v) is 4.66. The van der Waals surface area contributed by atoms with Crippen molar-refractivity contribution in [1.82, 2.24) is 0 Å². The van der Waals surface area contributed by atoms with Gasteiger partial charge in [-0.3, -0.25) is 4.79 Å². The van der Waals surface area contributed by atoms with E-state index in [1.165, 1.54) is 25.7 Å². The van der Waals surface area contributed by atoms with E-state index in [0.717, 1.165) is 25.7 Å². The van der Waals surface area contributed by atoms with Crippen molar-refractivity contribution < 1.29 is 4.79 Å². The Bertz CT molecular complexity index is 162. The van der Waals surface area contributed by atoms with Gasteiger partial charge in [-0.1, -0.05) is 53.4 Å². The highest BCUT2D eigenvalue weighted by molar-refractivity contribution is 5.83. The molecule has 1 fully saturated rings. The molecule has 0 saturated heterocycles. The molecule has 0 N–H and O–H groups in total. The third-order valence-electron chi connectivity index (χ3n) is 3.43. The number of hydrogen-bond acceptors (Lipinski definition) is 1. The van der Waals surface area contributed by atoms with E-state index < -0.39 is 0 Å². The maximum absolute atomic E-state index is 12.1. The van der Waals surface area contributed by atoms with Crippen molar-refractivity contribution in [2.24, 2.45) is 11.8 Å². The van der Waals surface area contributed by atoms with E-state index >= 15 is 0 Å². The fourth-order valence-electron chi connectivity index (χ4n) is 2.67. The van der Waals surface area contributed by atoms with Gasteiger partial charge in [0, 0.05) is 11.8 Å². The van der Waals surface area contributed by atoms with E-state index in [1.54, 1.807) is 0 Å². The Morgan fingerprint density at radius 2 is 1.50 bits per heavy atom. The molecule has 0 aromatic heterocycles. The molecule has 0 bridgehead atoms. The van der Waals surface area contributed by atoms with Crippen molar-refractivity contribution in [3.05, 3.63) is 0 Å². The normalized spacial score (nSPS) is 16.1. The maximum Gasteiger partial charge on any atom is 0.139 e. The molecule has 1 aliphatic carbocycles. The molecule has 96 valence electrons. The molecule has 0 aromatic carbocycles. The van der Waals surface area contributed by atoms with Crippen molar-refractivity contribution in [3.8, 4) is 0 Å². The van der Waals surface area contributed by atoms with Crippen molar-refractivity contribution in [2.75, 3.05) is 0 Å². The van der Waals surface area contributed by atoms with Crippen LogP contribution < -0.4 is 0 Å². The first-order valence-corrected chi connectivity index (χ1v) is 7.33. The molecule has 0 aliphatic heterocycles. The fourth-order valence-corrected chi connectivity index (χ4v) is 2.67. The molecule has 0 atom stereocenters. The van der Waals surface area contributed by atoms with E-state index in [-0.39, 0.29) is 0 Å². The van der Waals surface area contributed by atoms with Gasteiger partial charge in [0.2, 0.25) is 0 Å². The molecule has 16 heavy (non-hydrogen) atoms. The summed E-state index contributed by atoms with van der Waals surface area (Å²) in [6.07, 6.45) is 9.44. The van der Waals surface area contributed by atoms with Crippen LogP contribution >= 0.6 is 0 Å². The Morgan fingerprint density at radius 1 is 1.06 bits per heavy atom. The molecule has 1 nitrogen and oxygen atoms in total. The lowest BCUT2D eigenvalue weighted by Crippen LogP contribution is -2.21. The second-order valence-electron chi connectivity index (χ2n) is 4.66. The lowest BCUT2D eigenvalue weighted by molar-refractivity contribution is -0.127. The summed E-state index contributed by atoms with van der Waals surface area (Å²) in [6.45, 7) is 8.37. The smallest absolute Gasteiger partial charge is 0.139 e. The molecule has 0 radical (unpaired) electrons. The maximum atomic E-state index is 12.1. The van der Waals surface area contributed by atoms with Gasteiger partial charge in [-0.05, 0) is 25.7 Å². The van der Waals surface area contributed by atoms with E-state index in [2.05, 4.69) is 13.8 Å². The van der Waals surface area contributed by atoms with Crippen LogP contribution in [0.3, 0.4) is 0 Å². The molecular weight excluding hydrogens is 196 g/mol. The molecular formula is C15H30O. The van der Waals surface area contributed by atoms with Crippen LogP contribution in [0.2, 0.25) is 0 Å². The molecule has 0 amide bonds. The summed E-state index contributed by atoms with van der Waals surface area (Å²) in [5.74, 6) is 1.40. The topological polar surface area (TPSA) is 17.1 Å². The van der Waals surface area contributed by atoms with Gasteiger partial charge in [-0.15, -0.1) is 0 Å². The predicted octanol–water partition coefficient (Wildman–Crippen LogP) is 4.99. The molecule has 1 aliphatic rings. The number of carbonyl (C=O) groups excluding carboxylic acids is 1. The molecule has 1 saturated carbocycles. The zero-order valence-electron chi connectivity index (χ0n) is 11.7. The first-order valence-electron chi connectivity index (χ1n) is 7.33. The van der Waals surface area contributed by atoms with Gasteiger partial charge in [-0.2, -0.15) is 0 Å². The summed E-state index contributed by atoms with van der Waals surface area (Å²) < 4.78 is 0. The molecule has 0 heterocycles. The van der Waals surface area contributed by atoms with Gasteiger partial charge in [0.1, 0.15) is 5.78 Å². The quantitative estimate of drug-likeness (QED) is 0.623. The average Bonchev–Trinajstić information content (AvgIpc) is 2.84. The predicted molar refractivity (Wildman–Crippen MR) is 71.6 cm³/mol. The average molecular weight is 226 g/mol. The SMILES string of the molecule is CC.CCCC(CCC)C(=O)C1CCCC1. The molecule has 1 rings (SSSR count). The highest BCUT2D eigenvalue weighted by Gasteiger charge is 2.27. The van der Waals surface area contributed by atoms with Crippen LogP contribution in [-0.4, -0.2) is 5.78 Å². The Labute approximate surface area is 102 Å². The van der Waals surface area contributed by atoms with E-state index in [1.807, 2.05) is 13.8 Å². The summed E-state index contributed by atoms with van der Waals surface area (Å²) in [6, 6.07) is 0. The zero-order valence-corrected chi connectivity index (χ0v) is 11.7. The van der Waals surface area contributed by atoms with Gasteiger partial charge in [-0.25, -0.2) is 0 Å². The number of Topliss-reactive ketones (excluding diaryl/α,β-unsaturated/α-hetero) is 1. The van der Waals surface area contributed by atoms with Gasteiger partial charge in [0.25, 0.3) is 0 Å². The highest BCUT2D eigenvalue weighted by atomic mass is 16.1. The van der Waals surface area contributed by atoms with Crippen molar-refractivity contribution in [2.45, 2.75) is 79.1 Å². The largest absolute Gasteiger partial charge is 0.299 e. The summed E-state index contributed by atoms with van der Waals surface area (Å²) in [5, 5.41) is 0. The first-order chi connectivity index (χ1) is 7.79. The number of carbonyl (C=O) groups is 1. The van der Waals surface area contributed by atoms with Crippen molar-refractivity contribution in [1.29, 1.82) is 0 Å². The monoisotopic (exact) mass is 226 g/mol. The van der Waals surface area contributed by atoms with Crippen molar-refractivity contribution >= 4 is 5.78 Å². The Balaban J connectivity index is 0.00000106. The fraction of sp³-hybridized carbons (Fsp3) is 0.933. The Hall–Kier alpha value is -0.330. The standard InChI is InChI=1S/C13H24O.C2H6/c1-3-7-11(8-4-2)13(14)12-9-5-6-10-12;1-2/h11-12H,3-10H2,1-2H3;1-2H3. The summed E-state index contributed by atoms with van der Waals surface area (Å²) in [5.41, 5.74) is 0. The zero-order chi connectivity index (χ0) is 12.4. The Kier molecular flexibility index (Phi) is 9.66. The molecule has 0 spiro atoms. The minimum absolute atomic E-state index is 0.382. The van der Waals surface area contributed by atoms with Gasteiger partial charge < -0.3 is 0 Å².